The highest BCUT2D eigenvalue weighted by atomic mass is 35.5. The van der Waals surface area contributed by atoms with E-state index in [4.69, 9.17) is 17.3 Å². The first-order chi connectivity index (χ1) is 13.1. The number of hydrogen-bond acceptors (Lipinski definition) is 2. The highest BCUT2D eigenvalue weighted by molar-refractivity contribution is 6.33. The van der Waals surface area contributed by atoms with Gasteiger partial charge in [-0.15, -0.1) is 0 Å². The predicted molar refractivity (Wildman–Crippen MR) is 93.2 cm³/mol. The molecule has 3 amide bonds. The number of aromatic nitrogens is 1. The minimum atomic E-state index is -4.54. The van der Waals surface area contributed by atoms with Crippen molar-refractivity contribution in [3.05, 3.63) is 46.5 Å². The highest BCUT2D eigenvalue weighted by Crippen LogP contribution is 2.38. The van der Waals surface area contributed by atoms with Crippen molar-refractivity contribution in [3.63, 3.8) is 0 Å². The number of amides is 3. The Labute approximate surface area is 161 Å². The van der Waals surface area contributed by atoms with Crippen molar-refractivity contribution in [1.82, 2.24) is 14.8 Å². The van der Waals surface area contributed by atoms with Gasteiger partial charge in [0.2, 0.25) is 0 Å². The number of hydrogen-bond donors (Lipinski definition) is 2. The SMILES string of the molecule is NC(=O)c1c(-c2cccc(F)c2)c(Cl)n2c1CN(C(=O)NCC(F)(F)F)CC2. The molecule has 0 bridgehead atoms. The minimum absolute atomic E-state index is 0.00363. The van der Waals surface area contributed by atoms with Gasteiger partial charge in [-0.2, -0.15) is 13.2 Å². The minimum Gasteiger partial charge on any atom is -0.366 e. The van der Waals surface area contributed by atoms with Crippen LogP contribution < -0.4 is 11.1 Å². The number of primary amides is 1. The second kappa shape index (κ2) is 7.34. The van der Waals surface area contributed by atoms with Gasteiger partial charge in [0, 0.05) is 18.7 Å². The second-order valence-electron chi connectivity index (χ2n) is 6.21. The lowest BCUT2D eigenvalue weighted by molar-refractivity contribution is -0.123. The van der Waals surface area contributed by atoms with Gasteiger partial charge in [0.25, 0.3) is 5.91 Å². The third-order valence-corrected chi connectivity index (χ3v) is 4.72. The van der Waals surface area contributed by atoms with Crippen LogP contribution in [0.1, 0.15) is 16.1 Å². The van der Waals surface area contributed by atoms with Crippen LogP contribution in [0.4, 0.5) is 22.4 Å². The van der Waals surface area contributed by atoms with Gasteiger partial charge >= 0.3 is 12.2 Å². The Bertz CT molecular complexity index is 942. The van der Waals surface area contributed by atoms with Gasteiger partial charge in [0.05, 0.1) is 17.8 Å². The maximum absolute atomic E-state index is 13.6. The third-order valence-electron chi connectivity index (χ3n) is 4.33. The topological polar surface area (TPSA) is 80.4 Å². The van der Waals surface area contributed by atoms with E-state index in [-0.39, 0.29) is 41.6 Å². The largest absolute Gasteiger partial charge is 0.405 e. The monoisotopic (exact) mass is 418 g/mol. The zero-order valence-corrected chi connectivity index (χ0v) is 15.1. The van der Waals surface area contributed by atoms with Crippen LogP contribution in [0.2, 0.25) is 5.15 Å². The Morgan fingerprint density at radius 2 is 1.96 bits per heavy atom. The van der Waals surface area contributed by atoms with E-state index >= 15 is 0 Å². The number of benzene rings is 1. The smallest absolute Gasteiger partial charge is 0.366 e. The van der Waals surface area contributed by atoms with Gasteiger partial charge in [-0.05, 0) is 17.7 Å². The van der Waals surface area contributed by atoms with Crippen molar-refractivity contribution in [3.8, 4) is 11.1 Å². The molecule has 1 aliphatic heterocycles. The molecular weight excluding hydrogens is 404 g/mol. The summed E-state index contributed by atoms with van der Waals surface area (Å²) in [4.78, 5) is 25.3. The Hall–Kier alpha value is -2.75. The van der Waals surface area contributed by atoms with Gasteiger partial charge in [-0.1, -0.05) is 23.7 Å². The maximum Gasteiger partial charge on any atom is 0.405 e. The van der Waals surface area contributed by atoms with Gasteiger partial charge in [0.1, 0.15) is 17.5 Å². The number of carbonyl (C=O) groups excluding carboxylic acids is 2. The van der Waals surface area contributed by atoms with E-state index in [0.29, 0.717) is 5.56 Å². The van der Waals surface area contributed by atoms with Gasteiger partial charge in [-0.25, -0.2) is 9.18 Å². The molecule has 0 aliphatic carbocycles. The molecule has 6 nitrogen and oxygen atoms in total. The fourth-order valence-electron chi connectivity index (χ4n) is 3.15. The van der Waals surface area contributed by atoms with Gasteiger partial charge in [0.15, 0.2) is 0 Å². The lowest BCUT2D eigenvalue weighted by atomic mass is 10.0. The van der Waals surface area contributed by atoms with Gasteiger partial charge in [-0.3, -0.25) is 4.79 Å². The molecule has 0 saturated heterocycles. The van der Waals surface area contributed by atoms with Crippen LogP contribution in [-0.2, 0) is 13.1 Å². The summed E-state index contributed by atoms with van der Waals surface area (Å²) in [6.07, 6.45) is -4.54. The molecule has 1 aromatic carbocycles. The fourth-order valence-corrected chi connectivity index (χ4v) is 3.54. The molecule has 11 heteroatoms. The van der Waals surface area contributed by atoms with Crippen molar-refractivity contribution in [2.75, 3.05) is 13.1 Å². The summed E-state index contributed by atoms with van der Waals surface area (Å²) in [5.41, 5.74) is 6.33. The first-order valence-electron chi connectivity index (χ1n) is 8.14. The molecule has 0 saturated carbocycles. The van der Waals surface area contributed by atoms with E-state index in [0.717, 1.165) is 4.90 Å². The number of alkyl halides is 3. The molecule has 0 fully saturated rings. The number of fused-ring (bicyclic) bond motifs is 1. The van der Waals surface area contributed by atoms with Crippen LogP contribution >= 0.6 is 11.6 Å². The average Bonchev–Trinajstić information content (AvgIpc) is 2.91. The third kappa shape index (κ3) is 3.91. The molecule has 0 atom stereocenters. The van der Waals surface area contributed by atoms with Crippen LogP contribution in [0.5, 0.6) is 0 Å². The molecule has 0 radical (unpaired) electrons. The van der Waals surface area contributed by atoms with Crippen molar-refractivity contribution in [2.45, 2.75) is 19.3 Å². The van der Waals surface area contributed by atoms with Crippen LogP contribution in [0.25, 0.3) is 11.1 Å². The van der Waals surface area contributed by atoms with Crippen molar-refractivity contribution < 1.29 is 27.2 Å². The van der Waals surface area contributed by atoms with Crippen LogP contribution in [0.3, 0.4) is 0 Å². The Kier molecular flexibility index (Phi) is 5.24. The van der Waals surface area contributed by atoms with Crippen LogP contribution in [0.15, 0.2) is 24.3 Å². The lowest BCUT2D eigenvalue weighted by Gasteiger charge is -2.29. The molecule has 1 aromatic heterocycles. The summed E-state index contributed by atoms with van der Waals surface area (Å²) in [6, 6.07) is 4.48. The Morgan fingerprint density at radius 3 is 2.57 bits per heavy atom. The molecule has 28 heavy (non-hydrogen) atoms. The quantitative estimate of drug-likeness (QED) is 0.751. The van der Waals surface area contributed by atoms with Crippen molar-refractivity contribution >= 4 is 23.5 Å². The summed E-state index contributed by atoms with van der Waals surface area (Å²) in [6.45, 7) is -1.42. The van der Waals surface area contributed by atoms with E-state index < -0.39 is 30.5 Å². The number of nitrogens with one attached hydrogen (secondary N) is 1. The summed E-state index contributed by atoms with van der Waals surface area (Å²) < 4.78 is 52.1. The van der Waals surface area contributed by atoms with E-state index in [9.17, 15) is 27.2 Å². The zero-order chi connectivity index (χ0) is 20.6. The standard InChI is InChI=1S/C17H15ClF4N4O2/c18-14-12(9-2-1-3-10(19)6-9)13(15(23)27)11-7-25(4-5-26(11)14)16(28)24-8-17(20,21)22/h1-3,6H,4-5,7-8H2,(H2,23,27)(H,24,28). The number of nitrogens with two attached hydrogens (primary N) is 1. The summed E-state index contributed by atoms with van der Waals surface area (Å²) in [7, 11) is 0. The van der Waals surface area contributed by atoms with E-state index in [2.05, 4.69) is 0 Å². The molecule has 0 spiro atoms. The molecule has 3 rings (SSSR count). The number of rotatable bonds is 3. The predicted octanol–water partition coefficient (Wildman–Crippen LogP) is 3.13. The molecule has 3 N–H and O–H groups in total. The number of halogens is 5. The maximum atomic E-state index is 13.6. The van der Waals surface area contributed by atoms with E-state index in [1.165, 1.54) is 18.2 Å². The zero-order valence-electron chi connectivity index (χ0n) is 14.3. The molecule has 0 unspecified atom stereocenters. The first kappa shape index (κ1) is 20.0. The number of urea groups is 1. The number of nitrogens with zero attached hydrogens (tertiary/aromatic N) is 2. The summed E-state index contributed by atoms with van der Waals surface area (Å²) in [5, 5.41) is 1.93. The molecule has 2 heterocycles. The lowest BCUT2D eigenvalue weighted by Crippen LogP contribution is -2.46. The normalized spacial score (nSPS) is 14.0. The molecule has 150 valence electrons. The highest BCUT2D eigenvalue weighted by Gasteiger charge is 2.33. The van der Waals surface area contributed by atoms with E-state index in [1.807, 2.05) is 0 Å². The summed E-state index contributed by atoms with van der Waals surface area (Å²) >= 11 is 6.39. The molecule has 1 aliphatic rings. The van der Waals surface area contributed by atoms with E-state index in [1.54, 1.807) is 16.0 Å². The molecular formula is C17H15ClF4N4O2. The fraction of sp³-hybridized carbons (Fsp3) is 0.294. The average molecular weight is 419 g/mol. The first-order valence-corrected chi connectivity index (χ1v) is 8.52. The molecule has 2 aromatic rings. The van der Waals surface area contributed by atoms with Crippen molar-refractivity contribution in [2.24, 2.45) is 5.73 Å². The second-order valence-corrected chi connectivity index (χ2v) is 6.57. The van der Waals surface area contributed by atoms with Crippen molar-refractivity contribution in [1.29, 1.82) is 0 Å². The summed E-state index contributed by atoms with van der Waals surface area (Å²) in [5.74, 6) is -1.38. The van der Waals surface area contributed by atoms with Crippen LogP contribution in [-0.4, -0.2) is 40.7 Å². The van der Waals surface area contributed by atoms with Gasteiger partial charge < -0.3 is 20.5 Å². The number of carbonyl (C=O) groups is 2. The Morgan fingerprint density at radius 1 is 1.25 bits per heavy atom. The van der Waals surface area contributed by atoms with Crippen LogP contribution in [0, 0.1) is 5.82 Å². The Balaban J connectivity index is 1.97.